The Morgan fingerprint density at radius 3 is 3.11 bits per heavy atom. The summed E-state index contributed by atoms with van der Waals surface area (Å²) in [7, 11) is 0. The first kappa shape index (κ1) is 13.4. The number of hydrogen-bond acceptors (Lipinski definition) is 4. The number of nitrogens with two attached hydrogens (primary N) is 1. The lowest BCUT2D eigenvalue weighted by atomic mass is 9.90. The zero-order chi connectivity index (χ0) is 13.1. The lowest BCUT2D eigenvalue weighted by Gasteiger charge is -2.24. The van der Waals surface area contributed by atoms with E-state index >= 15 is 0 Å². The van der Waals surface area contributed by atoms with Crippen LogP contribution in [0.4, 0.5) is 0 Å². The SMILES string of the molecule is NNC(CCC1CCCO1)C1CSc2ccccc21. The fraction of sp³-hybridized carbons (Fsp3) is 0.600. The third kappa shape index (κ3) is 2.97. The van der Waals surface area contributed by atoms with Crippen molar-refractivity contribution in [2.75, 3.05) is 12.4 Å². The molecule has 3 N–H and O–H groups in total. The molecule has 0 amide bonds. The van der Waals surface area contributed by atoms with Gasteiger partial charge in [0.05, 0.1) is 6.10 Å². The number of hydrogen-bond donors (Lipinski definition) is 2. The molecule has 0 aliphatic carbocycles. The zero-order valence-electron chi connectivity index (χ0n) is 11.2. The van der Waals surface area contributed by atoms with Gasteiger partial charge in [-0.25, -0.2) is 0 Å². The molecule has 0 bridgehead atoms. The lowest BCUT2D eigenvalue weighted by Crippen LogP contribution is -2.40. The number of hydrazine groups is 1. The number of fused-ring (bicyclic) bond motifs is 1. The summed E-state index contributed by atoms with van der Waals surface area (Å²) in [5.74, 6) is 7.47. The fourth-order valence-corrected chi connectivity index (χ4v) is 4.49. The summed E-state index contributed by atoms with van der Waals surface area (Å²) in [5, 5.41) is 0. The van der Waals surface area contributed by atoms with Gasteiger partial charge in [-0.3, -0.25) is 11.3 Å². The highest BCUT2D eigenvalue weighted by Gasteiger charge is 2.30. The first-order valence-corrected chi connectivity index (χ1v) is 8.16. The van der Waals surface area contributed by atoms with Gasteiger partial charge in [-0.2, -0.15) is 0 Å². The molecule has 0 aromatic heterocycles. The van der Waals surface area contributed by atoms with Gasteiger partial charge in [0, 0.05) is 29.2 Å². The number of rotatable bonds is 5. The minimum Gasteiger partial charge on any atom is -0.378 e. The largest absolute Gasteiger partial charge is 0.378 e. The number of benzene rings is 1. The van der Waals surface area contributed by atoms with Gasteiger partial charge in [-0.05, 0) is 37.3 Å². The van der Waals surface area contributed by atoms with Crippen LogP contribution in [0, 0.1) is 0 Å². The molecule has 0 radical (unpaired) electrons. The van der Waals surface area contributed by atoms with Crippen LogP contribution in [0.5, 0.6) is 0 Å². The van der Waals surface area contributed by atoms with Crippen LogP contribution in [-0.4, -0.2) is 24.5 Å². The Hall–Kier alpha value is -0.550. The number of nitrogens with one attached hydrogen (secondary N) is 1. The number of ether oxygens (including phenoxy) is 1. The van der Waals surface area contributed by atoms with E-state index in [1.807, 2.05) is 11.8 Å². The van der Waals surface area contributed by atoms with Gasteiger partial charge < -0.3 is 4.74 Å². The second-order valence-electron chi connectivity index (χ2n) is 5.44. The van der Waals surface area contributed by atoms with E-state index in [-0.39, 0.29) is 0 Å². The van der Waals surface area contributed by atoms with Gasteiger partial charge in [-0.15, -0.1) is 11.8 Å². The van der Waals surface area contributed by atoms with Crippen molar-refractivity contribution in [3.8, 4) is 0 Å². The topological polar surface area (TPSA) is 47.3 Å². The molecule has 3 rings (SSSR count). The molecule has 104 valence electrons. The molecule has 2 aliphatic heterocycles. The summed E-state index contributed by atoms with van der Waals surface area (Å²) in [4.78, 5) is 1.42. The Morgan fingerprint density at radius 1 is 1.42 bits per heavy atom. The molecule has 3 unspecified atom stereocenters. The Labute approximate surface area is 119 Å². The molecule has 1 fully saturated rings. The van der Waals surface area contributed by atoms with Crippen molar-refractivity contribution in [1.82, 2.24) is 5.43 Å². The van der Waals surface area contributed by atoms with E-state index in [2.05, 4.69) is 29.7 Å². The zero-order valence-corrected chi connectivity index (χ0v) is 12.0. The maximum Gasteiger partial charge on any atom is 0.0576 e. The van der Waals surface area contributed by atoms with Crippen LogP contribution >= 0.6 is 11.8 Å². The third-order valence-electron chi connectivity index (χ3n) is 4.26. The summed E-state index contributed by atoms with van der Waals surface area (Å²) in [6, 6.07) is 9.07. The van der Waals surface area contributed by atoms with Crippen molar-refractivity contribution in [3.63, 3.8) is 0 Å². The van der Waals surface area contributed by atoms with Crippen LogP contribution in [0.2, 0.25) is 0 Å². The first-order chi connectivity index (χ1) is 9.38. The minimum absolute atomic E-state index is 0.361. The van der Waals surface area contributed by atoms with E-state index in [1.165, 1.54) is 23.3 Å². The fourth-order valence-electron chi connectivity index (χ4n) is 3.16. The van der Waals surface area contributed by atoms with Crippen molar-refractivity contribution in [2.45, 2.75) is 48.6 Å². The van der Waals surface area contributed by atoms with Gasteiger partial charge in [0.25, 0.3) is 0 Å². The molecule has 4 heteroatoms. The average Bonchev–Trinajstić information content (AvgIpc) is 3.09. The monoisotopic (exact) mass is 278 g/mol. The Bertz CT molecular complexity index is 420. The highest BCUT2D eigenvalue weighted by molar-refractivity contribution is 7.99. The smallest absolute Gasteiger partial charge is 0.0576 e. The molecule has 3 nitrogen and oxygen atoms in total. The van der Waals surface area contributed by atoms with Crippen molar-refractivity contribution in [2.24, 2.45) is 5.84 Å². The van der Waals surface area contributed by atoms with Crippen molar-refractivity contribution in [1.29, 1.82) is 0 Å². The van der Waals surface area contributed by atoms with E-state index < -0.39 is 0 Å². The molecule has 1 aromatic rings. The average molecular weight is 278 g/mol. The molecule has 19 heavy (non-hydrogen) atoms. The highest BCUT2D eigenvalue weighted by Crippen LogP contribution is 2.41. The molecule has 0 saturated carbocycles. The standard InChI is InChI=1S/C15H22N2OS/c16-17-14(8-7-11-4-3-9-18-11)13-10-19-15-6-2-1-5-12(13)15/h1-2,5-6,11,13-14,17H,3-4,7-10,16H2. The van der Waals surface area contributed by atoms with Gasteiger partial charge >= 0.3 is 0 Å². The van der Waals surface area contributed by atoms with Gasteiger partial charge in [-0.1, -0.05) is 18.2 Å². The van der Waals surface area contributed by atoms with E-state index in [9.17, 15) is 0 Å². The van der Waals surface area contributed by atoms with Crippen LogP contribution in [-0.2, 0) is 4.74 Å². The van der Waals surface area contributed by atoms with E-state index in [0.29, 0.717) is 18.1 Å². The molecule has 3 atom stereocenters. The maximum atomic E-state index is 5.79. The Balaban J connectivity index is 1.62. The molecule has 1 saturated heterocycles. The predicted octanol–water partition coefficient (Wildman–Crippen LogP) is 2.67. The maximum absolute atomic E-state index is 5.79. The van der Waals surface area contributed by atoms with Crippen LogP contribution < -0.4 is 11.3 Å². The van der Waals surface area contributed by atoms with E-state index in [0.717, 1.165) is 25.2 Å². The molecular weight excluding hydrogens is 256 g/mol. The molecule has 2 aliphatic rings. The van der Waals surface area contributed by atoms with E-state index in [1.54, 1.807) is 0 Å². The summed E-state index contributed by atoms with van der Waals surface area (Å²) >= 11 is 1.95. The second kappa shape index (κ2) is 6.27. The number of thioether (sulfide) groups is 1. The van der Waals surface area contributed by atoms with Gasteiger partial charge in [0.15, 0.2) is 0 Å². The van der Waals surface area contributed by atoms with E-state index in [4.69, 9.17) is 10.6 Å². The third-order valence-corrected chi connectivity index (χ3v) is 5.47. The molecule has 1 aromatic carbocycles. The van der Waals surface area contributed by atoms with Crippen LogP contribution in [0.1, 0.15) is 37.2 Å². The Morgan fingerprint density at radius 2 is 2.32 bits per heavy atom. The molecule has 2 heterocycles. The summed E-state index contributed by atoms with van der Waals surface area (Å²) in [6.07, 6.45) is 5.11. The first-order valence-electron chi connectivity index (χ1n) is 7.18. The summed E-state index contributed by atoms with van der Waals surface area (Å²) < 4.78 is 5.71. The van der Waals surface area contributed by atoms with Crippen molar-refractivity contribution in [3.05, 3.63) is 29.8 Å². The highest BCUT2D eigenvalue weighted by atomic mass is 32.2. The van der Waals surface area contributed by atoms with Gasteiger partial charge in [0.1, 0.15) is 0 Å². The lowest BCUT2D eigenvalue weighted by molar-refractivity contribution is 0.0988. The minimum atomic E-state index is 0.361. The normalized spacial score (nSPS) is 27.4. The quantitative estimate of drug-likeness (QED) is 0.642. The van der Waals surface area contributed by atoms with Crippen LogP contribution in [0.3, 0.4) is 0 Å². The summed E-state index contributed by atoms with van der Waals surface area (Å²) in [5.41, 5.74) is 4.50. The molecular formula is C15H22N2OS. The van der Waals surface area contributed by atoms with Crippen molar-refractivity contribution < 1.29 is 4.74 Å². The predicted molar refractivity (Wildman–Crippen MR) is 79.2 cm³/mol. The Kier molecular flexibility index (Phi) is 4.43. The van der Waals surface area contributed by atoms with Crippen LogP contribution in [0.25, 0.3) is 0 Å². The van der Waals surface area contributed by atoms with Crippen LogP contribution in [0.15, 0.2) is 29.2 Å². The second-order valence-corrected chi connectivity index (χ2v) is 6.50. The van der Waals surface area contributed by atoms with Crippen molar-refractivity contribution >= 4 is 11.8 Å². The summed E-state index contributed by atoms with van der Waals surface area (Å²) in [6.45, 7) is 0.938. The molecule has 0 spiro atoms. The van der Waals surface area contributed by atoms with Gasteiger partial charge in [0.2, 0.25) is 0 Å².